The van der Waals surface area contributed by atoms with Crippen LogP contribution in [0.25, 0.3) is 11.4 Å². The summed E-state index contributed by atoms with van der Waals surface area (Å²) in [6.07, 6.45) is 1.74. The fraction of sp³-hybridized carbons (Fsp3) is 0.294. The summed E-state index contributed by atoms with van der Waals surface area (Å²) in [7, 11) is 0. The molecule has 0 radical (unpaired) electrons. The predicted octanol–water partition coefficient (Wildman–Crippen LogP) is 3.57. The summed E-state index contributed by atoms with van der Waals surface area (Å²) in [4.78, 5) is 13.1. The Hall–Kier alpha value is -2.76. The van der Waals surface area contributed by atoms with Gasteiger partial charge in [-0.1, -0.05) is 25.1 Å². The number of anilines is 1. The molecule has 0 saturated carbocycles. The van der Waals surface area contributed by atoms with Gasteiger partial charge in [-0.3, -0.25) is 4.98 Å². The van der Waals surface area contributed by atoms with E-state index in [4.69, 9.17) is 4.52 Å². The summed E-state index contributed by atoms with van der Waals surface area (Å²) >= 11 is 0. The van der Waals surface area contributed by atoms with E-state index in [1.54, 1.807) is 6.20 Å². The number of rotatable bonds is 5. The van der Waals surface area contributed by atoms with Crippen LogP contribution < -0.4 is 5.32 Å². The Bertz CT molecular complexity index is 783. The van der Waals surface area contributed by atoms with Crippen molar-refractivity contribution in [1.82, 2.24) is 20.1 Å². The van der Waals surface area contributed by atoms with Crippen LogP contribution in [0.3, 0.4) is 0 Å². The molecule has 0 atom stereocenters. The number of nitrogens with zero attached hydrogens (tertiary/aromatic N) is 4. The van der Waals surface area contributed by atoms with E-state index >= 15 is 0 Å². The Labute approximate surface area is 135 Å². The molecule has 3 heterocycles. The third-order valence-corrected chi connectivity index (χ3v) is 3.38. The van der Waals surface area contributed by atoms with Crippen molar-refractivity contribution in [3.63, 3.8) is 0 Å². The lowest BCUT2D eigenvalue weighted by atomic mass is 10.1. The van der Waals surface area contributed by atoms with E-state index in [2.05, 4.69) is 39.3 Å². The van der Waals surface area contributed by atoms with Gasteiger partial charge in [-0.25, -0.2) is 9.97 Å². The first-order chi connectivity index (χ1) is 11.1. The molecule has 0 aliphatic carbocycles. The highest BCUT2D eigenvalue weighted by atomic mass is 16.5. The monoisotopic (exact) mass is 309 g/mol. The summed E-state index contributed by atoms with van der Waals surface area (Å²) in [5.41, 5.74) is 2.54. The summed E-state index contributed by atoms with van der Waals surface area (Å²) in [6.45, 7) is 6.63. The van der Waals surface area contributed by atoms with Crippen molar-refractivity contribution >= 4 is 5.82 Å². The highest BCUT2D eigenvalue weighted by molar-refractivity contribution is 5.53. The molecule has 0 aliphatic heterocycles. The van der Waals surface area contributed by atoms with E-state index in [1.807, 2.05) is 37.3 Å². The van der Waals surface area contributed by atoms with Crippen LogP contribution in [0.2, 0.25) is 0 Å². The second kappa shape index (κ2) is 6.56. The lowest BCUT2D eigenvalue weighted by molar-refractivity contribution is 0.390. The van der Waals surface area contributed by atoms with Gasteiger partial charge in [0.1, 0.15) is 17.3 Å². The zero-order valence-electron chi connectivity index (χ0n) is 13.4. The van der Waals surface area contributed by atoms with Crippen molar-refractivity contribution in [2.45, 2.75) is 33.2 Å². The minimum absolute atomic E-state index is 0.360. The average molecular weight is 309 g/mol. The van der Waals surface area contributed by atoms with Crippen LogP contribution >= 0.6 is 0 Å². The van der Waals surface area contributed by atoms with Crippen LogP contribution in [0.5, 0.6) is 0 Å². The van der Waals surface area contributed by atoms with Gasteiger partial charge in [-0.05, 0) is 25.0 Å². The third-order valence-electron chi connectivity index (χ3n) is 3.38. The van der Waals surface area contributed by atoms with Crippen molar-refractivity contribution in [2.24, 2.45) is 0 Å². The normalized spacial score (nSPS) is 11.0. The van der Waals surface area contributed by atoms with Crippen LogP contribution in [-0.2, 0) is 6.54 Å². The molecule has 23 heavy (non-hydrogen) atoms. The molecule has 0 fully saturated rings. The van der Waals surface area contributed by atoms with Crippen molar-refractivity contribution in [3.05, 3.63) is 53.8 Å². The predicted molar refractivity (Wildman–Crippen MR) is 87.9 cm³/mol. The van der Waals surface area contributed by atoms with Crippen molar-refractivity contribution in [3.8, 4) is 11.4 Å². The van der Waals surface area contributed by atoms with Crippen LogP contribution in [0.15, 0.2) is 41.1 Å². The van der Waals surface area contributed by atoms with E-state index in [-0.39, 0.29) is 0 Å². The molecule has 3 aromatic rings. The molecule has 6 heteroatoms. The summed E-state index contributed by atoms with van der Waals surface area (Å²) in [5, 5.41) is 7.31. The highest BCUT2D eigenvalue weighted by Gasteiger charge is 2.09. The lowest BCUT2D eigenvalue weighted by Crippen LogP contribution is -2.05. The number of pyridine rings is 1. The van der Waals surface area contributed by atoms with Crippen molar-refractivity contribution in [1.29, 1.82) is 0 Å². The van der Waals surface area contributed by atoms with Gasteiger partial charge in [0, 0.05) is 24.0 Å². The third kappa shape index (κ3) is 3.71. The van der Waals surface area contributed by atoms with Crippen molar-refractivity contribution < 1.29 is 4.52 Å². The Morgan fingerprint density at radius 3 is 2.74 bits per heavy atom. The molecule has 0 bridgehead atoms. The van der Waals surface area contributed by atoms with E-state index < -0.39 is 0 Å². The van der Waals surface area contributed by atoms with Gasteiger partial charge in [0.2, 0.25) is 0 Å². The van der Waals surface area contributed by atoms with Crippen molar-refractivity contribution in [2.75, 3.05) is 5.32 Å². The number of nitrogens with one attached hydrogen (secondary N) is 1. The van der Waals surface area contributed by atoms with Crippen LogP contribution in [0.1, 0.15) is 37.0 Å². The number of hydrogen-bond donors (Lipinski definition) is 1. The highest BCUT2D eigenvalue weighted by Crippen LogP contribution is 2.18. The maximum atomic E-state index is 5.35. The molecule has 0 unspecified atom stereocenters. The number of aryl methyl sites for hydroxylation is 1. The van der Waals surface area contributed by atoms with E-state index in [0.29, 0.717) is 12.5 Å². The molecule has 0 spiro atoms. The Kier molecular flexibility index (Phi) is 4.32. The molecular formula is C17H19N5O. The smallest absolute Gasteiger partial charge is 0.156 e. The van der Waals surface area contributed by atoms with Gasteiger partial charge >= 0.3 is 0 Å². The molecule has 3 aromatic heterocycles. The van der Waals surface area contributed by atoms with Gasteiger partial charge in [0.05, 0.1) is 12.2 Å². The first-order valence-electron chi connectivity index (χ1n) is 7.58. The van der Waals surface area contributed by atoms with E-state index in [1.165, 1.54) is 0 Å². The zero-order chi connectivity index (χ0) is 16.2. The minimum Gasteiger partial charge on any atom is -0.363 e. The lowest BCUT2D eigenvalue weighted by Gasteiger charge is -2.09. The van der Waals surface area contributed by atoms with E-state index in [0.717, 1.165) is 34.5 Å². The molecule has 118 valence electrons. The largest absolute Gasteiger partial charge is 0.363 e. The van der Waals surface area contributed by atoms with Gasteiger partial charge in [0.15, 0.2) is 5.76 Å². The van der Waals surface area contributed by atoms with E-state index in [9.17, 15) is 0 Å². The standard InChI is InChI=1S/C17H19N5O/c1-11(2)15-9-17(21-12(3)20-15)19-10-13-8-16(22-23-13)14-6-4-5-7-18-14/h4-9,11H,10H2,1-3H3,(H,19,20,21). The van der Waals surface area contributed by atoms with Gasteiger partial charge < -0.3 is 9.84 Å². The summed E-state index contributed by atoms with van der Waals surface area (Å²) in [5.74, 6) is 2.63. The number of hydrogen-bond acceptors (Lipinski definition) is 6. The SMILES string of the molecule is Cc1nc(NCc2cc(-c3ccccn3)no2)cc(C(C)C)n1. The maximum Gasteiger partial charge on any atom is 0.156 e. The Morgan fingerprint density at radius 1 is 1.13 bits per heavy atom. The fourth-order valence-corrected chi connectivity index (χ4v) is 2.19. The summed E-state index contributed by atoms with van der Waals surface area (Å²) in [6, 6.07) is 9.54. The summed E-state index contributed by atoms with van der Waals surface area (Å²) < 4.78 is 5.35. The zero-order valence-corrected chi connectivity index (χ0v) is 13.4. The first kappa shape index (κ1) is 15.1. The minimum atomic E-state index is 0.360. The average Bonchev–Trinajstić information content (AvgIpc) is 3.02. The molecular weight excluding hydrogens is 290 g/mol. The molecule has 0 saturated heterocycles. The Balaban J connectivity index is 1.71. The number of aromatic nitrogens is 4. The molecule has 6 nitrogen and oxygen atoms in total. The quantitative estimate of drug-likeness (QED) is 0.776. The second-order valence-corrected chi connectivity index (χ2v) is 5.63. The first-order valence-corrected chi connectivity index (χ1v) is 7.58. The Morgan fingerprint density at radius 2 is 2.00 bits per heavy atom. The fourth-order valence-electron chi connectivity index (χ4n) is 2.19. The topological polar surface area (TPSA) is 76.7 Å². The molecule has 3 rings (SSSR count). The molecule has 1 N–H and O–H groups in total. The van der Waals surface area contributed by atoms with Crippen LogP contribution in [0, 0.1) is 6.92 Å². The second-order valence-electron chi connectivity index (χ2n) is 5.63. The van der Waals surface area contributed by atoms with Gasteiger partial charge in [-0.15, -0.1) is 0 Å². The van der Waals surface area contributed by atoms with Crippen LogP contribution in [0.4, 0.5) is 5.82 Å². The molecule has 0 aliphatic rings. The molecule has 0 amide bonds. The van der Waals surface area contributed by atoms with Gasteiger partial charge in [0.25, 0.3) is 0 Å². The van der Waals surface area contributed by atoms with Gasteiger partial charge in [-0.2, -0.15) is 0 Å². The van der Waals surface area contributed by atoms with Crippen LogP contribution in [-0.4, -0.2) is 20.1 Å². The molecule has 0 aromatic carbocycles. The maximum absolute atomic E-state index is 5.35.